The van der Waals surface area contributed by atoms with Crippen molar-refractivity contribution in [3.63, 3.8) is 0 Å². The molecule has 0 radical (unpaired) electrons. The third-order valence-electron chi connectivity index (χ3n) is 5.01. The Hall–Kier alpha value is -1.62. The van der Waals surface area contributed by atoms with Crippen LogP contribution in [0, 0.1) is 5.82 Å². The molecule has 1 saturated heterocycles. The van der Waals surface area contributed by atoms with Crippen molar-refractivity contribution in [2.24, 2.45) is 5.73 Å². The van der Waals surface area contributed by atoms with Gasteiger partial charge in [-0.15, -0.1) is 12.4 Å². The second-order valence-corrected chi connectivity index (χ2v) is 6.87. The standard InChI is InChI=1S/C21H28FN3.ClH/c1-2-19(23)15-18-9-6-10-20(22)21(18)25-13-11-24(12-14-25)16-17-7-4-3-5-8-17;/h3-10,19H,2,11-16,23H2,1H3;1H. The lowest BCUT2D eigenvalue weighted by Crippen LogP contribution is -2.46. The summed E-state index contributed by atoms with van der Waals surface area (Å²) in [5.74, 6) is -0.127. The highest BCUT2D eigenvalue weighted by Crippen LogP contribution is 2.27. The minimum atomic E-state index is -0.127. The van der Waals surface area contributed by atoms with Gasteiger partial charge in [-0.05, 0) is 30.0 Å². The lowest BCUT2D eigenvalue weighted by Gasteiger charge is -2.37. The van der Waals surface area contributed by atoms with E-state index in [1.165, 1.54) is 5.56 Å². The number of nitrogens with zero attached hydrogens (tertiary/aromatic N) is 2. The first-order valence-electron chi connectivity index (χ1n) is 9.21. The third-order valence-corrected chi connectivity index (χ3v) is 5.01. The minimum Gasteiger partial charge on any atom is -0.366 e. The molecule has 2 N–H and O–H groups in total. The topological polar surface area (TPSA) is 32.5 Å². The Bertz CT molecular complexity index is 672. The van der Waals surface area contributed by atoms with E-state index in [-0.39, 0.29) is 24.3 Å². The number of halogens is 2. The zero-order valence-corrected chi connectivity index (χ0v) is 16.2. The number of hydrogen-bond acceptors (Lipinski definition) is 3. The van der Waals surface area contributed by atoms with E-state index in [0.29, 0.717) is 0 Å². The van der Waals surface area contributed by atoms with Gasteiger partial charge in [-0.2, -0.15) is 0 Å². The molecule has 1 heterocycles. The van der Waals surface area contributed by atoms with Crippen LogP contribution < -0.4 is 10.6 Å². The van der Waals surface area contributed by atoms with Crippen molar-refractivity contribution in [3.8, 4) is 0 Å². The summed E-state index contributed by atoms with van der Waals surface area (Å²) >= 11 is 0. The van der Waals surface area contributed by atoms with Gasteiger partial charge in [0.15, 0.2) is 0 Å². The molecule has 0 spiro atoms. The number of hydrogen-bond donors (Lipinski definition) is 1. The average molecular weight is 378 g/mol. The molecule has 0 saturated carbocycles. The maximum absolute atomic E-state index is 14.5. The summed E-state index contributed by atoms with van der Waals surface area (Å²) in [7, 11) is 0. The molecule has 142 valence electrons. The fourth-order valence-corrected chi connectivity index (χ4v) is 3.48. The zero-order chi connectivity index (χ0) is 17.6. The Kier molecular flexibility index (Phi) is 7.88. The fraction of sp³-hybridized carbons (Fsp3) is 0.429. The van der Waals surface area contributed by atoms with Gasteiger partial charge in [0, 0.05) is 38.8 Å². The molecule has 5 heteroatoms. The summed E-state index contributed by atoms with van der Waals surface area (Å²) in [5, 5.41) is 0. The summed E-state index contributed by atoms with van der Waals surface area (Å²) < 4.78 is 14.5. The Morgan fingerprint density at radius 2 is 1.69 bits per heavy atom. The van der Waals surface area contributed by atoms with Crippen LogP contribution in [0.3, 0.4) is 0 Å². The van der Waals surface area contributed by atoms with E-state index in [1.54, 1.807) is 12.1 Å². The highest BCUT2D eigenvalue weighted by Gasteiger charge is 2.22. The summed E-state index contributed by atoms with van der Waals surface area (Å²) in [6.45, 7) is 6.63. The number of nitrogens with two attached hydrogens (primary N) is 1. The summed E-state index contributed by atoms with van der Waals surface area (Å²) in [6.07, 6.45) is 1.63. The van der Waals surface area contributed by atoms with Crippen LogP contribution in [0.25, 0.3) is 0 Å². The molecule has 0 bridgehead atoms. The molecule has 2 aromatic rings. The number of rotatable bonds is 6. The molecule has 1 fully saturated rings. The van der Waals surface area contributed by atoms with E-state index in [4.69, 9.17) is 5.73 Å². The van der Waals surface area contributed by atoms with E-state index >= 15 is 0 Å². The van der Waals surface area contributed by atoms with Crippen LogP contribution >= 0.6 is 12.4 Å². The van der Waals surface area contributed by atoms with E-state index < -0.39 is 0 Å². The van der Waals surface area contributed by atoms with Gasteiger partial charge >= 0.3 is 0 Å². The van der Waals surface area contributed by atoms with Crippen molar-refractivity contribution in [2.75, 3.05) is 31.1 Å². The SMILES string of the molecule is CCC(N)Cc1cccc(F)c1N1CCN(Cc2ccccc2)CC1.Cl. The Morgan fingerprint density at radius 3 is 2.35 bits per heavy atom. The van der Waals surface area contributed by atoms with Crippen molar-refractivity contribution in [3.05, 3.63) is 65.5 Å². The van der Waals surface area contributed by atoms with E-state index in [2.05, 4.69) is 41.0 Å². The highest BCUT2D eigenvalue weighted by atomic mass is 35.5. The Labute approximate surface area is 162 Å². The minimum absolute atomic E-state index is 0. The molecule has 2 aromatic carbocycles. The Morgan fingerprint density at radius 1 is 1.00 bits per heavy atom. The predicted molar refractivity (Wildman–Crippen MR) is 110 cm³/mol. The average Bonchev–Trinajstić information content (AvgIpc) is 2.64. The largest absolute Gasteiger partial charge is 0.366 e. The van der Waals surface area contributed by atoms with Gasteiger partial charge in [0.1, 0.15) is 5.82 Å². The molecule has 1 atom stereocenters. The second-order valence-electron chi connectivity index (χ2n) is 6.87. The number of anilines is 1. The zero-order valence-electron chi connectivity index (χ0n) is 15.4. The van der Waals surface area contributed by atoms with Gasteiger partial charge < -0.3 is 10.6 Å². The summed E-state index contributed by atoms with van der Waals surface area (Å²) in [4.78, 5) is 4.62. The van der Waals surface area contributed by atoms with Gasteiger partial charge in [-0.25, -0.2) is 4.39 Å². The molecule has 26 heavy (non-hydrogen) atoms. The van der Waals surface area contributed by atoms with E-state index in [9.17, 15) is 4.39 Å². The maximum atomic E-state index is 14.5. The maximum Gasteiger partial charge on any atom is 0.146 e. The van der Waals surface area contributed by atoms with Crippen LogP contribution in [0.4, 0.5) is 10.1 Å². The number of piperazine rings is 1. The lowest BCUT2D eigenvalue weighted by atomic mass is 10.0. The molecule has 3 rings (SSSR count). The third kappa shape index (κ3) is 5.19. The smallest absolute Gasteiger partial charge is 0.146 e. The number of benzene rings is 2. The first kappa shape index (κ1) is 20.7. The molecular formula is C21H29ClFN3. The van der Waals surface area contributed by atoms with Crippen LogP contribution in [-0.2, 0) is 13.0 Å². The molecule has 0 amide bonds. The molecule has 0 aromatic heterocycles. The predicted octanol–water partition coefficient (Wildman–Crippen LogP) is 3.85. The van der Waals surface area contributed by atoms with Gasteiger partial charge in [0.05, 0.1) is 5.69 Å². The first-order chi connectivity index (χ1) is 12.2. The van der Waals surface area contributed by atoms with Gasteiger partial charge in [-0.3, -0.25) is 4.90 Å². The monoisotopic (exact) mass is 377 g/mol. The van der Waals surface area contributed by atoms with Crippen molar-refractivity contribution >= 4 is 18.1 Å². The van der Waals surface area contributed by atoms with Gasteiger partial charge in [0.25, 0.3) is 0 Å². The summed E-state index contributed by atoms with van der Waals surface area (Å²) in [6, 6.07) is 16.0. The van der Waals surface area contributed by atoms with E-state index in [1.807, 2.05) is 12.1 Å². The highest BCUT2D eigenvalue weighted by molar-refractivity contribution is 5.85. The second kappa shape index (κ2) is 9.91. The molecule has 1 aliphatic rings. The lowest BCUT2D eigenvalue weighted by molar-refractivity contribution is 0.249. The molecule has 0 aliphatic carbocycles. The first-order valence-corrected chi connectivity index (χ1v) is 9.21. The van der Waals surface area contributed by atoms with E-state index in [0.717, 1.165) is 56.8 Å². The van der Waals surface area contributed by atoms with Crippen LogP contribution in [-0.4, -0.2) is 37.1 Å². The number of para-hydroxylation sites is 1. The Balaban J connectivity index is 0.00000243. The fourth-order valence-electron chi connectivity index (χ4n) is 3.48. The van der Waals surface area contributed by atoms with Crippen LogP contribution in [0.1, 0.15) is 24.5 Å². The summed E-state index contributed by atoms with van der Waals surface area (Å²) in [5.41, 5.74) is 9.23. The quantitative estimate of drug-likeness (QED) is 0.829. The van der Waals surface area contributed by atoms with Crippen LogP contribution in [0.15, 0.2) is 48.5 Å². The van der Waals surface area contributed by atoms with Crippen molar-refractivity contribution in [1.82, 2.24) is 4.90 Å². The van der Waals surface area contributed by atoms with Crippen LogP contribution in [0.2, 0.25) is 0 Å². The molecule has 1 aliphatic heterocycles. The van der Waals surface area contributed by atoms with Gasteiger partial charge in [0.2, 0.25) is 0 Å². The molecule has 1 unspecified atom stereocenters. The normalized spacial score (nSPS) is 16.2. The van der Waals surface area contributed by atoms with Crippen molar-refractivity contribution in [1.29, 1.82) is 0 Å². The van der Waals surface area contributed by atoms with Crippen molar-refractivity contribution in [2.45, 2.75) is 32.4 Å². The molecular weight excluding hydrogens is 349 g/mol. The van der Waals surface area contributed by atoms with Crippen molar-refractivity contribution < 1.29 is 4.39 Å². The van der Waals surface area contributed by atoms with Crippen LogP contribution in [0.5, 0.6) is 0 Å². The molecule has 3 nitrogen and oxygen atoms in total. The van der Waals surface area contributed by atoms with Gasteiger partial charge in [-0.1, -0.05) is 49.4 Å².